The molecule has 1 N–H and O–H groups in total. The van der Waals surface area contributed by atoms with Gasteiger partial charge in [-0.3, -0.25) is 0 Å². The van der Waals surface area contributed by atoms with E-state index in [1.54, 1.807) is 12.1 Å². The van der Waals surface area contributed by atoms with Crippen molar-refractivity contribution < 1.29 is 5.11 Å². The fourth-order valence-corrected chi connectivity index (χ4v) is 3.47. The molecule has 0 saturated heterocycles. The lowest BCUT2D eigenvalue weighted by Crippen LogP contribution is -2.44. The first-order valence-electron chi connectivity index (χ1n) is 8.07. The molecular formula is C18H29NO. The lowest BCUT2D eigenvalue weighted by atomic mass is 9.84. The summed E-state index contributed by atoms with van der Waals surface area (Å²) in [6.07, 6.45) is 7.83. The highest BCUT2D eigenvalue weighted by molar-refractivity contribution is 5.25. The zero-order valence-electron chi connectivity index (χ0n) is 13.2. The summed E-state index contributed by atoms with van der Waals surface area (Å²) >= 11 is 0. The number of nitrogens with zero attached hydrogens (tertiary/aromatic N) is 1. The van der Waals surface area contributed by atoms with Crippen molar-refractivity contribution in [1.82, 2.24) is 4.90 Å². The zero-order valence-corrected chi connectivity index (χ0v) is 13.2. The molecule has 0 radical (unpaired) electrons. The highest BCUT2D eigenvalue weighted by Crippen LogP contribution is 2.29. The van der Waals surface area contributed by atoms with Gasteiger partial charge in [0.2, 0.25) is 0 Å². The van der Waals surface area contributed by atoms with Crippen molar-refractivity contribution in [1.29, 1.82) is 0 Å². The second-order valence-electron chi connectivity index (χ2n) is 6.55. The number of aryl methyl sites for hydroxylation is 1. The smallest absolute Gasteiger partial charge is 0.115 e. The van der Waals surface area contributed by atoms with Crippen molar-refractivity contribution in [3.63, 3.8) is 0 Å². The van der Waals surface area contributed by atoms with Crippen LogP contribution in [0.2, 0.25) is 0 Å². The minimum Gasteiger partial charge on any atom is -0.508 e. The van der Waals surface area contributed by atoms with E-state index in [1.807, 2.05) is 12.1 Å². The molecule has 1 fully saturated rings. The Hall–Kier alpha value is -1.02. The number of phenolic OH excluding ortho intramolecular Hbond substituents is 1. The Bertz CT molecular complexity index is 400. The van der Waals surface area contributed by atoms with Gasteiger partial charge in [-0.05, 0) is 63.3 Å². The second-order valence-corrected chi connectivity index (χ2v) is 6.55. The standard InChI is InChI=1S/C18H29NO/c1-14-6-4-5-7-18(14)19(3)15(2)8-9-16-10-12-17(20)13-11-16/h10-15,18,20H,4-9H2,1-3H3. The first-order chi connectivity index (χ1) is 9.58. The average molecular weight is 275 g/mol. The maximum atomic E-state index is 9.31. The molecule has 1 aliphatic carbocycles. The van der Waals surface area contributed by atoms with Crippen LogP contribution in [-0.2, 0) is 6.42 Å². The Kier molecular flexibility index (Phi) is 5.47. The minimum absolute atomic E-state index is 0.356. The Balaban J connectivity index is 1.84. The monoisotopic (exact) mass is 275 g/mol. The predicted octanol–water partition coefficient (Wildman–Crippen LogP) is 4.22. The average Bonchev–Trinajstić information content (AvgIpc) is 2.46. The quantitative estimate of drug-likeness (QED) is 0.869. The fourth-order valence-electron chi connectivity index (χ4n) is 3.47. The van der Waals surface area contributed by atoms with E-state index in [0.717, 1.165) is 18.4 Å². The number of rotatable bonds is 5. The Morgan fingerprint density at radius 2 is 1.85 bits per heavy atom. The molecule has 0 heterocycles. The Labute approximate surface area is 123 Å². The minimum atomic E-state index is 0.356. The van der Waals surface area contributed by atoms with E-state index in [0.29, 0.717) is 11.8 Å². The van der Waals surface area contributed by atoms with Crippen LogP contribution in [0, 0.1) is 5.92 Å². The summed E-state index contributed by atoms with van der Waals surface area (Å²) in [6, 6.07) is 9.02. The molecule has 1 aromatic rings. The third-order valence-electron chi connectivity index (χ3n) is 5.07. The van der Waals surface area contributed by atoms with Gasteiger partial charge in [0, 0.05) is 12.1 Å². The largest absolute Gasteiger partial charge is 0.508 e. The summed E-state index contributed by atoms with van der Waals surface area (Å²) in [6.45, 7) is 4.76. The number of hydrogen-bond donors (Lipinski definition) is 1. The molecule has 2 nitrogen and oxygen atoms in total. The van der Waals surface area contributed by atoms with Gasteiger partial charge in [-0.25, -0.2) is 0 Å². The van der Waals surface area contributed by atoms with Gasteiger partial charge >= 0.3 is 0 Å². The Morgan fingerprint density at radius 1 is 1.20 bits per heavy atom. The number of aromatic hydroxyl groups is 1. The third-order valence-corrected chi connectivity index (χ3v) is 5.07. The molecule has 3 unspecified atom stereocenters. The maximum absolute atomic E-state index is 9.31. The van der Waals surface area contributed by atoms with Crippen LogP contribution < -0.4 is 0 Å². The van der Waals surface area contributed by atoms with Crippen molar-refractivity contribution in [3.8, 4) is 5.75 Å². The van der Waals surface area contributed by atoms with Gasteiger partial charge in [-0.15, -0.1) is 0 Å². The lowest BCUT2D eigenvalue weighted by Gasteiger charge is -2.39. The molecule has 0 aliphatic heterocycles. The SMILES string of the molecule is CC1CCCCC1N(C)C(C)CCc1ccc(O)cc1. The van der Waals surface area contributed by atoms with E-state index in [2.05, 4.69) is 25.8 Å². The lowest BCUT2D eigenvalue weighted by molar-refractivity contribution is 0.0997. The van der Waals surface area contributed by atoms with Crippen LogP contribution in [0.1, 0.15) is 51.5 Å². The summed E-state index contributed by atoms with van der Waals surface area (Å²) in [5.74, 6) is 1.19. The molecule has 0 spiro atoms. The van der Waals surface area contributed by atoms with Crippen molar-refractivity contribution in [2.45, 2.75) is 64.5 Å². The number of phenols is 1. The summed E-state index contributed by atoms with van der Waals surface area (Å²) in [4.78, 5) is 2.60. The van der Waals surface area contributed by atoms with Crippen LogP contribution in [0.25, 0.3) is 0 Å². The van der Waals surface area contributed by atoms with E-state index >= 15 is 0 Å². The van der Waals surface area contributed by atoms with Crippen LogP contribution in [0.15, 0.2) is 24.3 Å². The third kappa shape index (κ3) is 3.99. The molecule has 2 rings (SSSR count). The van der Waals surface area contributed by atoms with E-state index in [4.69, 9.17) is 0 Å². The highest BCUT2D eigenvalue weighted by atomic mass is 16.3. The van der Waals surface area contributed by atoms with Crippen LogP contribution >= 0.6 is 0 Å². The van der Waals surface area contributed by atoms with E-state index in [1.165, 1.54) is 37.7 Å². The molecule has 1 aliphatic rings. The van der Waals surface area contributed by atoms with E-state index in [9.17, 15) is 5.11 Å². The van der Waals surface area contributed by atoms with Gasteiger partial charge < -0.3 is 10.0 Å². The Morgan fingerprint density at radius 3 is 2.50 bits per heavy atom. The van der Waals surface area contributed by atoms with Gasteiger partial charge in [0.15, 0.2) is 0 Å². The maximum Gasteiger partial charge on any atom is 0.115 e. The van der Waals surface area contributed by atoms with Gasteiger partial charge in [-0.2, -0.15) is 0 Å². The summed E-state index contributed by atoms with van der Waals surface area (Å²) in [7, 11) is 2.30. The molecule has 1 saturated carbocycles. The molecule has 1 aromatic carbocycles. The van der Waals surface area contributed by atoms with Gasteiger partial charge in [0.25, 0.3) is 0 Å². The first-order valence-corrected chi connectivity index (χ1v) is 8.07. The van der Waals surface area contributed by atoms with Gasteiger partial charge in [0.1, 0.15) is 5.75 Å². The first kappa shape index (κ1) is 15.4. The second kappa shape index (κ2) is 7.12. The van der Waals surface area contributed by atoms with Gasteiger partial charge in [-0.1, -0.05) is 31.9 Å². The van der Waals surface area contributed by atoms with Crippen molar-refractivity contribution in [2.24, 2.45) is 5.92 Å². The molecule has 20 heavy (non-hydrogen) atoms. The van der Waals surface area contributed by atoms with E-state index < -0.39 is 0 Å². The molecule has 0 bridgehead atoms. The molecule has 0 aromatic heterocycles. The normalized spacial score (nSPS) is 24.8. The zero-order chi connectivity index (χ0) is 14.5. The van der Waals surface area contributed by atoms with Crippen LogP contribution in [0.3, 0.4) is 0 Å². The van der Waals surface area contributed by atoms with Crippen LogP contribution in [0.4, 0.5) is 0 Å². The van der Waals surface area contributed by atoms with Crippen LogP contribution in [-0.4, -0.2) is 29.1 Å². The van der Waals surface area contributed by atoms with Gasteiger partial charge in [0.05, 0.1) is 0 Å². The summed E-state index contributed by atoms with van der Waals surface area (Å²) in [5.41, 5.74) is 1.32. The molecule has 112 valence electrons. The summed E-state index contributed by atoms with van der Waals surface area (Å²) < 4.78 is 0. The van der Waals surface area contributed by atoms with Crippen LogP contribution in [0.5, 0.6) is 5.75 Å². The topological polar surface area (TPSA) is 23.5 Å². The fraction of sp³-hybridized carbons (Fsp3) is 0.667. The predicted molar refractivity (Wildman–Crippen MR) is 85.1 cm³/mol. The number of hydrogen-bond acceptors (Lipinski definition) is 2. The molecule has 2 heteroatoms. The molecule has 3 atom stereocenters. The summed E-state index contributed by atoms with van der Waals surface area (Å²) in [5, 5.41) is 9.31. The molecular weight excluding hydrogens is 246 g/mol. The van der Waals surface area contributed by atoms with Crippen molar-refractivity contribution >= 4 is 0 Å². The van der Waals surface area contributed by atoms with E-state index in [-0.39, 0.29) is 0 Å². The highest BCUT2D eigenvalue weighted by Gasteiger charge is 2.27. The molecule has 0 amide bonds. The van der Waals surface area contributed by atoms with Crippen molar-refractivity contribution in [3.05, 3.63) is 29.8 Å². The number of benzene rings is 1. The van der Waals surface area contributed by atoms with Crippen molar-refractivity contribution in [2.75, 3.05) is 7.05 Å².